The molecule has 0 amide bonds. The summed E-state index contributed by atoms with van der Waals surface area (Å²) in [4.78, 5) is 10.5. The Morgan fingerprint density at radius 3 is 1.82 bits per heavy atom. The lowest BCUT2D eigenvalue weighted by Crippen LogP contribution is -2.02. The SMILES string of the molecule is c1ccc(-c2ccc3c(c2)c2ccc4sc5c(-c6ccccc6)cccc5c4c2n3-c2cc(-c3ccccc3)nc(-c3ccccc3)n2)cc1. The molecule has 7 aromatic carbocycles. The summed E-state index contributed by atoms with van der Waals surface area (Å²) >= 11 is 1.87. The molecule has 0 atom stereocenters. The molecule has 3 nitrogen and oxygen atoms in total. The third-order valence-corrected chi connectivity index (χ3v) is 10.8. The van der Waals surface area contributed by atoms with Crippen LogP contribution in [0.3, 0.4) is 0 Å². The molecule has 4 heteroatoms. The van der Waals surface area contributed by atoms with E-state index in [2.05, 4.69) is 156 Å². The van der Waals surface area contributed by atoms with Crippen molar-refractivity contribution < 1.29 is 0 Å². The Hall–Kier alpha value is -6.36. The van der Waals surface area contributed by atoms with Gasteiger partial charge in [0.05, 0.1) is 16.7 Å². The highest BCUT2D eigenvalue weighted by molar-refractivity contribution is 7.26. The lowest BCUT2D eigenvalue weighted by atomic mass is 10.0. The van der Waals surface area contributed by atoms with Crippen LogP contribution < -0.4 is 0 Å². The van der Waals surface area contributed by atoms with Crippen LogP contribution in [0.2, 0.25) is 0 Å². The van der Waals surface area contributed by atoms with E-state index in [1.165, 1.54) is 53.2 Å². The van der Waals surface area contributed by atoms with Gasteiger partial charge in [0.25, 0.3) is 0 Å². The lowest BCUT2D eigenvalue weighted by Gasteiger charge is -2.13. The van der Waals surface area contributed by atoms with Crippen LogP contribution in [0.1, 0.15) is 0 Å². The maximum absolute atomic E-state index is 5.34. The van der Waals surface area contributed by atoms with Crippen LogP contribution in [0.15, 0.2) is 176 Å². The topological polar surface area (TPSA) is 30.7 Å². The normalized spacial score (nSPS) is 11.6. The molecule has 0 N–H and O–H groups in total. The molecule has 0 radical (unpaired) electrons. The van der Waals surface area contributed by atoms with Crippen LogP contribution in [-0.2, 0) is 0 Å². The number of nitrogens with zero attached hydrogens (tertiary/aromatic N) is 3. The Balaban J connectivity index is 1.34. The van der Waals surface area contributed by atoms with Gasteiger partial charge in [0.15, 0.2) is 5.82 Å². The van der Waals surface area contributed by atoms with Crippen LogP contribution in [0.25, 0.3) is 92.7 Å². The highest BCUT2D eigenvalue weighted by atomic mass is 32.1. The Labute approximate surface area is 293 Å². The van der Waals surface area contributed by atoms with Gasteiger partial charge < -0.3 is 0 Å². The van der Waals surface area contributed by atoms with Crippen LogP contribution in [-0.4, -0.2) is 14.5 Å². The largest absolute Gasteiger partial charge is 0.293 e. The first-order valence-corrected chi connectivity index (χ1v) is 17.7. The molecule has 0 aliphatic carbocycles. The second-order valence-electron chi connectivity index (χ2n) is 12.6. The summed E-state index contributed by atoms with van der Waals surface area (Å²) in [6.45, 7) is 0. The number of hydrogen-bond donors (Lipinski definition) is 0. The molecule has 0 unspecified atom stereocenters. The van der Waals surface area contributed by atoms with Gasteiger partial charge in [-0.2, -0.15) is 0 Å². The first-order valence-electron chi connectivity index (χ1n) is 16.8. The highest BCUT2D eigenvalue weighted by Crippen LogP contribution is 2.46. The van der Waals surface area contributed by atoms with Crippen molar-refractivity contribution in [3.63, 3.8) is 0 Å². The summed E-state index contributed by atoms with van der Waals surface area (Å²) in [6.07, 6.45) is 0. The molecule has 0 fully saturated rings. The van der Waals surface area contributed by atoms with Crippen LogP contribution in [0, 0.1) is 0 Å². The van der Waals surface area contributed by atoms with Crippen molar-refractivity contribution in [3.05, 3.63) is 176 Å². The zero-order valence-electron chi connectivity index (χ0n) is 27.0. The van der Waals surface area contributed by atoms with Crippen LogP contribution in [0.5, 0.6) is 0 Å². The van der Waals surface area contributed by atoms with E-state index in [1.807, 2.05) is 35.6 Å². The van der Waals surface area contributed by atoms with Crippen molar-refractivity contribution in [2.45, 2.75) is 0 Å². The fourth-order valence-electron chi connectivity index (χ4n) is 7.30. The number of aromatic nitrogens is 3. The fraction of sp³-hybridized carbons (Fsp3) is 0. The first-order chi connectivity index (χ1) is 24.8. The molecule has 10 rings (SSSR count). The third kappa shape index (κ3) is 4.65. The maximum atomic E-state index is 5.34. The van der Waals surface area contributed by atoms with Gasteiger partial charge in [-0.15, -0.1) is 11.3 Å². The van der Waals surface area contributed by atoms with E-state index in [9.17, 15) is 0 Å². The second-order valence-corrected chi connectivity index (χ2v) is 13.6. The smallest absolute Gasteiger partial charge is 0.162 e. The molecule has 0 bridgehead atoms. The molecule has 0 aliphatic rings. The molecular weight excluding hydrogens is 627 g/mol. The van der Waals surface area contributed by atoms with Crippen molar-refractivity contribution in [1.29, 1.82) is 0 Å². The third-order valence-electron chi connectivity index (χ3n) is 9.62. The average molecular weight is 656 g/mol. The van der Waals surface area contributed by atoms with Gasteiger partial charge >= 0.3 is 0 Å². The van der Waals surface area contributed by atoms with E-state index in [0.29, 0.717) is 5.82 Å². The van der Waals surface area contributed by atoms with Crippen molar-refractivity contribution in [3.8, 4) is 50.7 Å². The number of benzene rings is 7. The van der Waals surface area contributed by atoms with Gasteiger partial charge in [-0.25, -0.2) is 9.97 Å². The summed E-state index contributed by atoms with van der Waals surface area (Å²) in [5.74, 6) is 1.54. The summed E-state index contributed by atoms with van der Waals surface area (Å²) < 4.78 is 4.92. The minimum absolute atomic E-state index is 0.701. The van der Waals surface area contributed by atoms with Crippen LogP contribution in [0.4, 0.5) is 0 Å². The van der Waals surface area contributed by atoms with E-state index in [1.54, 1.807) is 0 Å². The first kappa shape index (κ1) is 28.6. The highest BCUT2D eigenvalue weighted by Gasteiger charge is 2.22. The monoisotopic (exact) mass is 655 g/mol. The van der Waals surface area contributed by atoms with E-state index in [-0.39, 0.29) is 0 Å². The molecule has 0 saturated heterocycles. The van der Waals surface area contributed by atoms with Gasteiger partial charge in [0.2, 0.25) is 0 Å². The lowest BCUT2D eigenvalue weighted by molar-refractivity contribution is 1.05. The fourth-order valence-corrected chi connectivity index (χ4v) is 8.54. The molecule has 50 heavy (non-hydrogen) atoms. The van der Waals surface area contributed by atoms with Gasteiger partial charge in [0.1, 0.15) is 5.82 Å². The molecule has 0 saturated carbocycles. The zero-order valence-corrected chi connectivity index (χ0v) is 27.8. The van der Waals surface area contributed by atoms with E-state index < -0.39 is 0 Å². The summed E-state index contributed by atoms with van der Waals surface area (Å²) in [7, 11) is 0. The quantitative estimate of drug-likeness (QED) is 0.185. The number of fused-ring (bicyclic) bond motifs is 7. The van der Waals surface area contributed by atoms with Crippen LogP contribution >= 0.6 is 11.3 Å². The minimum Gasteiger partial charge on any atom is -0.293 e. The molecule has 3 heterocycles. The van der Waals surface area contributed by atoms with Crippen molar-refractivity contribution in [1.82, 2.24) is 14.5 Å². The van der Waals surface area contributed by atoms with Gasteiger partial charge in [-0.3, -0.25) is 4.57 Å². The molecule has 0 aliphatic heterocycles. The van der Waals surface area contributed by atoms with E-state index >= 15 is 0 Å². The van der Waals surface area contributed by atoms with Gasteiger partial charge in [0, 0.05) is 48.1 Å². The van der Waals surface area contributed by atoms with Crippen molar-refractivity contribution in [2.24, 2.45) is 0 Å². The Morgan fingerprint density at radius 2 is 1.10 bits per heavy atom. The molecular formula is C46H29N3S. The molecule has 10 aromatic rings. The molecule has 0 spiro atoms. The Bertz CT molecular complexity index is 2780. The second kappa shape index (κ2) is 11.7. The predicted molar refractivity (Wildman–Crippen MR) is 211 cm³/mol. The summed E-state index contributed by atoms with van der Waals surface area (Å²) in [6, 6.07) is 62.4. The van der Waals surface area contributed by atoms with Crippen molar-refractivity contribution >= 4 is 53.3 Å². The average Bonchev–Trinajstić information content (AvgIpc) is 3.74. The summed E-state index contributed by atoms with van der Waals surface area (Å²) in [5, 5.41) is 4.91. The Morgan fingerprint density at radius 1 is 0.440 bits per heavy atom. The number of hydrogen-bond acceptors (Lipinski definition) is 3. The maximum Gasteiger partial charge on any atom is 0.162 e. The predicted octanol–water partition coefficient (Wildman–Crippen LogP) is 12.6. The van der Waals surface area contributed by atoms with Gasteiger partial charge in [-0.1, -0.05) is 152 Å². The standard InChI is InChI=1S/C46H29N3S/c1-5-14-30(15-6-1)34-24-26-40-38(28-34)36-25-27-41-43(37-23-13-22-35(45(37)50-41)31-16-7-2-8-17-31)44(36)49(40)42-29-39(32-18-9-3-10-19-32)47-46(48-42)33-20-11-4-12-21-33/h1-29H. The zero-order chi connectivity index (χ0) is 33.0. The molecule has 3 aromatic heterocycles. The van der Waals surface area contributed by atoms with E-state index in [4.69, 9.17) is 9.97 Å². The minimum atomic E-state index is 0.701. The van der Waals surface area contributed by atoms with Gasteiger partial charge in [-0.05, 0) is 40.5 Å². The number of thiophene rings is 1. The van der Waals surface area contributed by atoms with Crippen molar-refractivity contribution in [2.75, 3.05) is 0 Å². The number of rotatable bonds is 5. The van der Waals surface area contributed by atoms with E-state index in [0.717, 1.165) is 33.7 Å². The molecule has 234 valence electrons. The Kier molecular flexibility index (Phi) is 6.68. The summed E-state index contributed by atoms with van der Waals surface area (Å²) in [5.41, 5.74) is 10.1.